The monoisotopic (exact) mass is 250 g/mol. The molecule has 4 nitrogen and oxygen atoms in total. The largest absolute Gasteiger partial charge is 0.341 e. The van der Waals surface area contributed by atoms with Crippen molar-refractivity contribution in [2.75, 3.05) is 26.2 Å². The van der Waals surface area contributed by atoms with Crippen LogP contribution in [-0.2, 0) is 0 Å². The third-order valence-corrected chi connectivity index (χ3v) is 4.26. The van der Waals surface area contributed by atoms with Gasteiger partial charge in [0, 0.05) is 25.8 Å². The van der Waals surface area contributed by atoms with Gasteiger partial charge in [-0.15, -0.1) is 11.8 Å². The number of allylic oxidation sites excluding steroid dienone is 1. The van der Waals surface area contributed by atoms with Gasteiger partial charge in [0.15, 0.2) is 5.96 Å². The van der Waals surface area contributed by atoms with Crippen LogP contribution < -0.4 is 10.6 Å². The van der Waals surface area contributed by atoms with Crippen molar-refractivity contribution in [1.82, 2.24) is 15.5 Å². The van der Waals surface area contributed by atoms with Gasteiger partial charge in [0.25, 0.3) is 0 Å². The molecule has 3 aliphatic rings. The minimum atomic E-state index is 0.299. The lowest BCUT2D eigenvalue weighted by atomic mass is 10.2. The summed E-state index contributed by atoms with van der Waals surface area (Å²) in [7, 11) is 0. The van der Waals surface area contributed by atoms with Crippen LogP contribution in [0.25, 0.3) is 0 Å². The van der Waals surface area contributed by atoms with E-state index < -0.39 is 0 Å². The fourth-order valence-electron chi connectivity index (χ4n) is 2.28. The molecular formula is C12H18N4S. The second kappa shape index (κ2) is 5.14. The number of hydrogen-bond acceptors (Lipinski definition) is 5. The average Bonchev–Trinajstić information content (AvgIpc) is 2.67. The van der Waals surface area contributed by atoms with Gasteiger partial charge in [-0.1, -0.05) is 6.08 Å². The first-order valence-corrected chi connectivity index (χ1v) is 7.17. The van der Waals surface area contributed by atoms with Gasteiger partial charge >= 0.3 is 0 Å². The lowest BCUT2D eigenvalue weighted by molar-refractivity contribution is 0.431. The summed E-state index contributed by atoms with van der Waals surface area (Å²) < 4.78 is 0. The van der Waals surface area contributed by atoms with Gasteiger partial charge in [-0.3, -0.25) is 0 Å². The Bertz CT molecular complexity index is 367. The van der Waals surface area contributed by atoms with E-state index in [2.05, 4.69) is 33.2 Å². The van der Waals surface area contributed by atoms with Crippen LogP contribution in [0.2, 0.25) is 0 Å². The molecule has 2 N–H and O–H groups in total. The highest BCUT2D eigenvalue weighted by molar-refractivity contribution is 8.02. The van der Waals surface area contributed by atoms with Gasteiger partial charge in [-0.05, 0) is 30.4 Å². The van der Waals surface area contributed by atoms with Crippen LogP contribution in [0.3, 0.4) is 0 Å². The maximum Gasteiger partial charge on any atom is 0.199 e. The Hall–Kier alpha value is -0.940. The van der Waals surface area contributed by atoms with Crippen LogP contribution in [0, 0.1) is 0 Å². The zero-order valence-electron chi connectivity index (χ0n) is 9.85. The normalized spacial score (nSPS) is 28.7. The quantitative estimate of drug-likeness (QED) is 0.675. The molecule has 5 heteroatoms. The number of guanidine groups is 1. The third-order valence-electron chi connectivity index (χ3n) is 3.24. The molecule has 0 aliphatic carbocycles. The fourth-order valence-corrected chi connectivity index (χ4v) is 3.14. The Morgan fingerprint density at radius 2 is 2.35 bits per heavy atom. The van der Waals surface area contributed by atoms with E-state index in [1.165, 1.54) is 12.0 Å². The Morgan fingerprint density at radius 3 is 3.35 bits per heavy atom. The summed E-state index contributed by atoms with van der Waals surface area (Å²) in [5, 5.41) is 9.23. The predicted octanol–water partition coefficient (Wildman–Crippen LogP) is 1.10. The summed E-state index contributed by atoms with van der Waals surface area (Å²) in [5.74, 6) is 1.05. The molecule has 3 aliphatic heterocycles. The van der Waals surface area contributed by atoms with Crippen LogP contribution >= 0.6 is 11.8 Å². The maximum absolute atomic E-state index is 4.82. The van der Waals surface area contributed by atoms with Gasteiger partial charge in [-0.2, -0.15) is 0 Å². The van der Waals surface area contributed by atoms with E-state index in [0.717, 1.165) is 38.6 Å². The molecule has 0 aromatic carbocycles. The summed E-state index contributed by atoms with van der Waals surface area (Å²) in [4.78, 5) is 7.17. The highest BCUT2D eigenvalue weighted by Crippen LogP contribution is 2.30. The Kier molecular flexibility index (Phi) is 3.38. The van der Waals surface area contributed by atoms with E-state index in [9.17, 15) is 0 Å². The van der Waals surface area contributed by atoms with Crippen molar-refractivity contribution >= 4 is 17.7 Å². The fraction of sp³-hybridized carbons (Fsp3) is 0.583. The Morgan fingerprint density at radius 1 is 1.35 bits per heavy atom. The Balaban J connectivity index is 1.72. The summed E-state index contributed by atoms with van der Waals surface area (Å²) in [5.41, 5.74) is 1.38. The standard InChI is InChI=1S/C12H18N4S/c1-3-10-9-14-12(15-11(10)17-8-1)16-6-2-4-13-5-7-16/h1,8-9,11,13H,2-7H2,(H,14,15). The second-order valence-electron chi connectivity index (χ2n) is 4.47. The first-order valence-electron chi connectivity index (χ1n) is 6.23. The number of nitrogens with zero attached hydrogens (tertiary/aromatic N) is 2. The van der Waals surface area contributed by atoms with Crippen molar-refractivity contribution in [2.24, 2.45) is 4.99 Å². The van der Waals surface area contributed by atoms with E-state index in [1.807, 2.05) is 0 Å². The number of rotatable bonds is 0. The van der Waals surface area contributed by atoms with Crippen LogP contribution in [0.1, 0.15) is 12.8 Å². The van der Waals surface area contributed by atoms with Gasteiger partial charge in [0.1, 0.15) is 5.37 Å². The van der Waals surface area contributed by atoms with Crippen molar-refractivity contribution in [2.45, 2.75) is 18.2 Å². The molecule has 0 aromatic rings. The summed E-state index contributed by atoms with van der Waals surface area (Å²) in [6.07, 6.45) is 6.56. The Labute approximate surface area is 106 Å². The minimum absolute atomic E-state index is 0.299. The van der Waals surface area contributed by atoms with Crippen LogP contribution in [0.5, 0.6) is 0 Å². The number of thioether (sulfide) groups is 1. The third kappa shape index (κ3) is 2.50. The highest BCUT2D eigenvalue weighted by Gasteiger charge is 2.22. The highest BCUT2D eigenvalue weighted by atomic mass is 32.2. The SMILES string of the molecule is C1=CSC2N=C(N3CCCNCC3)NC=C2C1. The molecule has 1 fully saturated rings. The summed E-state index contributed by atoms with van der Waals surface area (Å²) >= 11 is 1.80. The first kappa shape index (κ1) is 11.2. The summed E-state index contributed by atoms with van der Waals surface area (Å²) in [6.45, 7) is 4.30. The number of hydrogen-bond donors (Lipinski definition) is 2. The lowest BCUT2D eigenvalue weighted by Crippen LogP contribution is -2.43. The molecule has 1 saturated heterocycles. The van der Waals surface area contributed by atoms with Crippen molar-refractivity contribution in [3.8, 4) is 0 Å². The molecule has 0 radical (unpaired) electrons. The predicted molar refractivity (Wildman–Crippen MR) is 72.8 cm³/mol. The molecule has 3 rings (SSSR count). The number of fused-ring (bicyclic) bond motifs is 1. The van der Waals surface area contributed by atoms with Gasteiger partial charge in [-0.25, -0.2) is 4.99 Å². The van der Waals surface area contributed by atoms with E-state index in [0.29, 0.717) is 5.37 Å². The van der Waals surface area contributed by atoms with Crippen LogP contribution in [-0.4, -0.2) is 42.4 Å². The van der Waals surface area contributed by atoms with Crippen LogP contribution in [0.4, 0.5) is 0 Å². The van der Waals surface area contributed by atoms with E-state index in [1.54, 1.807) is 11.8 Å². The van der Waals surface area contributed by atoms with E-state index in [-0.39, 0.29) is 0 Å². The molecule has 3 heterocycles. The van der Waals surface area contributed by atoms with Gasteiger partial charge in [0.2, 0.25) is 0 Å². The van der Waals surface area contributed by atoms with Crippen molar-refractivity contribution in [3.05, 3.63) is 23.3 Å². The van der Waals surface area contributed by atoms with Gasteiger partial charge in [0.05, 0.1) is 0 Å². The molecule has 1 atom stereocenters. The molecule has 0 aromatic heterocycles. The molecule has 92 valence electrons. The first-order chi connectivity index (χ1) is 8.43. The summed E-state index contributed by atoms with van der Waals surface area (Å²) in [6, 6.07) is 0. The minimum Gasteiger partial charge on any atom is -0.341 e. The molecule has 0 saturated carbocycles. The number of nitrogens with one attached hydrogen (secondary N) is 2. The molecule has 0 spiro atoms. The second-order valence-corrected chi connectivity index (χ2v) is 5.46. The molecule has 0 amide bonds. The van der Waals surface area contributed by atoms with E-state index >= 15 is 0 Å². The van der Waals surface area contributed by atoms with Crippen molar-refractivity contribution in [3.63, 3.8) is 0 Å². The molecule has 1 unspecified atom stereocenters. The van der Waals surface area contributed by atoms with E-state index in [4.69, 9.17) is 4.99 Å². The smallest absolute Gasteiger partial charge is 0.199 e. The van der Waals surface area contributed by atoms with Gasteiger partial charge < -0.3 is 15.5 Å². The zero-order chi connectivity index (χ0) is 11.5. The average molecular weight is 250 g/mol. The topological polar surface area (TPSA) is 39.7 Å². The molecule has 17 heavy (non-hydrogen) atoms. The maximum atomic E-state index is 4.82. The molecular weight excluding hydrogens is 232 g/mol. The zero-order valence-corrected chi connectivity index (χ0v) is 10.7. The molecule has 0 bridgehead atoms. The lowest BCUT2D eigenvalue weighted by Gasteiger charge is -2.30. The van der Waals surface area contributed by atoms with Crippen LogP contribution in [0.15, 0.2) is 28.2 Å². The van der Waals surface area contributed by atoms with Crippen molar-refractivity contribution < 1.29 is 0 Å². The van der Waals surface area contributed by atoms with Crippen molar-refractivity contribution in [1.29, 1.82) is 0 Å². The number of aliphatic imine (C=N–C) groups is 1.